The van der Waals surface area contributed by atoms with Gasteiger partial charge in [0, 0.05) is 6.54 Å². The number of benzene rings is 2. The van der Waals surface area contributed by atoms with E-state index >= 15 is 0 Å². The lowest BCUT2D eigenvalue weighted by Crippen LogP contribution is -2.23. The highest BCUT2D eigenvalue weighted by Crippen LogP contribution is 2.16. The Morgan fingerprint density at radius 1 is 1.15 bits per heavy atom. The van der Waals surface area contributed by atoms with Gasteiger partial charge < -0.3 is 5.73 Å². The lowest BCUT2D eigenvalue weighted by Gasteiger charge is -2.08. The van der Waals surface area contributed by atoms with Crippen LogP contribution in [0.25, 0.3) is 0 Å². The lowest BCUT2D eigenvalue weighted by molar-refractivity contribution is 0.578. The van der Waals surface area contributed by atoms with E-state index in [0.29, 0.717) is 0 Å². The van der Waals surface area contributed by atoms with E-state index in [9.17, 15) is 12.8 Å². The Bertz CT molecular complexity index is 712. The molecular formula is C14H15FN2O2S. The summed E-state index contributed by atoms with van der Waals surface area (Å²) < 4.78 is 39.8. The predicted molar refractivity (Wildman–Crippen MR) is 76.0 cm³/mol. The zero-order chi connectivity index (χ0) is 14.8. The molecule has 0 unspecified atom stereocenters. The molecule has 0 bridgehead atoms. The molecule has 3 N–H and O–H groups in total. The number of hydrogen-bond acceptors (Lipinski definition) is 3. The Morgan fingerprint density at radius 3 is 2.40 bits per heavy atom. The van der Waals surface area contributed by atoms with Crippen LogP contribution < -0.4 is 10.5 Å². The van der Waals surface area contributed by atoms with Gasteiger partial charge in [-0.3, -0.25) is 0 Å². The molecule has 0 amide bonds. The highest BCUT2D eigenvalue weighted by Gasteiger charge is 2.15. The van der Waals surface area contributed by atoms with E-state index in [1.54, 1.807) is 0 Å². The van der Waals surface area contributed by atoms with Crippen molar-refractivity contribution in [2.75, 3.05) is 5.73 Å². The fourth-order valence-electron chi connectivity index (χ4n) is 1.64. The van der Waals surface area contributed by atoms with Gasteiger partial charge in [0.2, 0.25) is 10.0 Å². The molecule has 2 rings (SSSR count). The summed E-state index contributed by atoms with van der Waals surface area (Å²) >= 11 is 0. The summed E-state index contributed by atoms with van der Waals surface area (Å²) in [4.78, 5) is -0.142. The van der Waals surface area contributed by atoms with Crippen LogP contribution in [0.15, 0.2) is 47.4 Å². The Labute approximate surface area is 117 Å². The van der Waals surface area contributed by atoms with Crippen LogP contribution in [0.4, 0.5) is 10.1 Å². The Balaban J connectivity index is 2.14. The van der Waals surface area contributed by atoms with Crippen molar-refractivity contribution in [2.45, 2.75) is 18.4 Å². The third-order valence-electron chi connectivity index (χ3n) is 2.87. The van der Waals surface area contributed by atoms with Crippen LogP contribution in [-0.2, 0) is 16.6 Å². The summed E-state index contributed by atoms with van der Waals surface area (Å²) in [6.07, 6.45) is 0. The molecular weight excluding hydrogens is 279 g/mol. The van der Waals surface area contributed by atoms with Crippen molar-refractivity contribution in [3.05, 3.63) is 59.4 Å². The highest BCUT2D eigenvalue weighted by molar-refractivity contribution is 7.89. The van der Waals surface area contributed by atoms with Crippen molar-refractivity contribution in [2.24, 2.45) is 0 Å². The number of nitrogens with two attached hydrogens (primary N) is 1. The number of nitrogens with one attached hydrogen (secondary N) is 1. The first kappa shape index (κ1) is 14.5. The summed E-state index contributed by atoms with van der Waals surface area (Å²) in [6, 6.07) is 10.9. The van der Waals surface area contributed by atoms with Crippen molar-refractivity contribution >= 4 is 15.7 Å². The summed E-state index contributed by atoms with van der Waals surface area (Å²) in [5.41, 5.74) is 7.16. The molecule has 20 heavy (non-hydrogen) atoms. The Kier molecular flexibility index (Phi) is 4.06. The van der Waals surface area contributed by atoms with Gasteiger partial charge in [-0.2, -0.15) is 0 Å². The molecule has 0 aliphatic carbocycles. The van der Waals surface area contributed by atoms with Gasteiger partial charge in [-0.25, -0.2) is 17.5 Å². The molecule has 2 aromatic carbocycles. The van der Waals surface area contributed by atoms with E-state index in [1.807, 2.05) is 31.2 Å². The maximum absolute atomic E-state index is 13.3. The molecule has 6 heteroatoms. The van der Waals surface area contributed by atoms with Gasteiger partial charge in [-0.1, -0.05) is 29.8 Å². The van der Waals surface area contributed by atoms with Gasteiger partial charge in [0.15, 0.2) is 0 Å². The third kappa shape index (κ3) is 3.34. The zero-order valence-corrected chi connectivity index (χ0v) is 11.7. The van der Waals surface area contributed by atoms with Crippen LogP contribution in [0.5, 0.6) is 0 Å². The number of sulfonamides is 1. The Morgan fingerprint density at radius 2 is 1.80 bits per heavy atom. The van der Waals surface area contributed by atoms with Gasteiger partial charge in [0.25, 0.3) is 0 Å². The SMILES string of the molecule is Cc1ccc(CNS(=O)(=O)c2ccc(N)c(F)c2)cc1. The molecule has 0 heterocycles. The summed E-state index contributed by atoms with van der Waals surface area (Å²) in [5.74, 6) is -0.747. The first-order valence-corrected chi connectivity index (χ1v) is 7.47. The van der Waals surface area contributed by atoms with Crippen molar-refractivity contribution in [1.82, 2.24) is 4.72 Å². The maximum atomic E-state index is 13.3. The van der Waals surface area contributed by atoms with E-state index in [4.69, 9.17) is 5.73 Å². The fourth-order valence-corrected chi connectivity index (χ4v) is 2.67. The average molecular weight is 294 g/mol. The van der Waals surface area contributed by atoms with E-state index in [2.05, 4.69) is 4.72 Å². The lowest BCUT2D eigenvalue weighted by atomic mass is 10.2. The second-order valence-corrected chi connectivity index (χ2v) is 6.26. The molecule has 0 fully saturated rings. The molecule has 106 valence electrons. The molecule has 2 aromatic rings. The number of anilines is 1. The molecule has 0 saturated heterocycles. The van der Waals surface area contributed by atoms with Crippen molar-refractivity contribution in [3.8, 4) is 0 Å². The van der Waals surface area contributed by atoms with Gasteiger partial charge in [0.05, 0.1) is 10.6 Å². The van der Waals surface area contributed by atoms with E-state index in [0.717, 1.165) is 17.2 Å². The smallest absolute Gasteiger partial charge is 0.240 e. The van der Waals surface area contributed by atoms with Crippen LogP contribution in [0.1, 0.15) is 11.1 Å². The largest absolute Gasteiger partial charge is 0.396 e. The second kappa shape index (κ2) is 5.60. The quantitative estimate of drug-likeness (QED) is 0.849. The van der Waals surface area contributed by atoms with E-state index in [-0.39, 0.29) is 17.1 Å². The van der Waals surface area contributed by atoms with Crippen LogP contribution in [0.2, 0.25) is 0 Å². The fraction of sp³-hybridized carbons (Fsp3) is 0.143. The highest BCUT2D eigenvalue weighted by atomic mass is 32.2. The second-order valence-electron chi connectivity index (χ2n) is 4.49. The number of hydrogen-bond donors (Lipinski definition) is 2. The van der Waals surface area contributed by atoms with Gasteiger partial charge in [-0.05, 0) is 30.7 Å². The third-order valence-corrected chi connectivity index (χ3v) is 4.27. The minimum absolute atomic E-state index is 0.0810. The molecule has 0 aromatic heterocycles. The molecule has 0 aliphatic rings. The van der Waals surface area contributed by atoms with Gasteiger partial charge >= 0.3 is 0 Å². The van der Waals surface area contributed by atoms with E-state index < -0.39 is 15.8 Å². The monoisotopic (exact) mass is 294 g/mol. The number of halogens is 1. The zero-order valence-electron chi connectivity index (χ0n) is 10.9. The number of aryl methyl sites for hydroxylation is 1. The standard InChI is InChI=1S/C14H15FN2O2S/c1-10-2-4-11(5-3-10)9-17-20(18,19)12-6-7-14(16)13(15)8-12/h2-8,17H,9,16H2,1H3. The van der Waals surface area contributed by atoms with Gasteiger partial charge in [0.1, 0.15) is 5.82 Å². The Hall–Kier alpha value is -1.92. The van der Waals surface area contributed by atoms with E-state index in [1.165, 1.54) is 12.1 Å². The molecule has 0 atom stereocenters. The maximum Gasteiger partial charge on any atom is 0.240 e. The number of nitrogen functional groups attached to an aromatic ring is 1. The normalized spacial score (nSPS) is 11.5. The van der Waals surface area contributed by atoms with Crippen LogP contribution >= 0.6 is 0 Å². The minimum atomic E-state index is -3.75. The van der Waals surface area contributed by atoms with Crippen molar-refractivity contribution in [1.29, 1.82) is 0 Å². The number of rotatable bonds is 4. The van der Waals surface area contributed by atoms with Gasteiger partial charge in [-0.15, -0.1) is 0 Å². The summed E-state index contributed by atoms with van der Waals surface area (Å²) in [5, 5.41) is 0. The molecule has 4 nitrogen and oxygen atoms in total. The van der Waals surface area contributed by atoms with Crippen LogP contribution in [0, 0.1) is 12.7 Å². The first-order chi connectivity index (χ1) is 9.38. The summed E-state index contributed by atoms with van der Waals surface area (Å²) in [7, 11) is -3.75. The van der Waals surface area contributed by atoms with Crippen molar-refractivity contribution < 1.29 is 12.8 Å². The first-order valence-electron chi connectivity index (χ1n) is 5.99. The average Bonchev–Trinajstić information content (AvgIpc) is 2.41. The predicted octanol–water partition coefficient (Wildman–Crippen LogP) is 2.19. The molecule has 0 spiro atoms. The molecule has 0 radical (unpaired) electrons. The topological polar surface area (TPSA) is 72.2 Å². The van der Waals surface area contributed by atoms with Crippen LogP contribution in [-0.4, -0.2) is 8.42 Å². The van der Waals surface area contributed by atoms with Crippen LogP contribution in [0.3, 0.4) is 0 Å². The molecule has 0 aliphatic heterocycles. The summed E-state index contributed by atoms with van der Waals surface area (Å²) in [6.45, 7) is 2.10. The minimum Gasteiger partial charge on any atom is -0.396 e. The molecule has 0 saturated carbocycles. The van der Waals surface area contributed by atoms with Crippen molar-refractivity contribution in [3.63, 3.8) is 0 Å².